The first-order valence-electron chi connectivity index (χ1n) is 29.4. The van der Waals surface area contributed by atoms with E-state index in [-0.39, 0.29) is 58.5 Å². The summed E-state index contributed by atoms with van der Waals surface area (Å²) in [5, 5.41) is 20.7. The number of fused-ring (bicyclic) bond motifs is 7. The number of hydrogen-bond acceptors (Lipinski definition) is 14. The zero-order valence-electron chi connectivity index (χ0n) is 50.2. The van der Waals surface area contributed by atoms with E-state index in [0.717, 1.165) is 66.4 Å². The third-order valence-electron chi connectivity index (χ3n) is 18.1. The van der Waals surface area contributed by atoms with E-state index >= 15 is 0 Å². The van der Waals surface area contributed by atoms with E-state index in [1.807, 2.05) is 87.2 Å². The van der Waals surface area contributed by atoms with Crippen LogP contribution < -0.4 is 14.4 Å². The van der Waals surface area contributed by atoms with Crippen LogP contribution in [0.25, 0.3) is 0 Å². The number of esters is 2. The third kappa shape index (κ3) is 13.4. The van der Waals surface area contributed by atoms with Gasteiger partial charge in [-0.15, -0.1) is 4.36 Å². The monoisotopic (exact) mass is 1210 g/mol. The molecule has 1 fully saturated rings. The number of amides is 2. The normalized spacial score (nSPS) is 28.4. The molecule has 3 aromatic heterocycles. The number of hydrogen-bond donors (Lipinski definition) is 3. The molecule has 8 atom stereocenters. The third-order valence-corrected chi connectivity index (χ3v) is 20.7. The first-order chi connectivity index (χ1) is 40.3. The van der Waals surface area contributed by atoms with Crippen molar-refractivity contribution in [2.75, 3.05) is 45.4 Å². The number of ether oxygens (including phenoxy) is 6. The molecule has 1 saturated carbocycles. The number of rotatable bonds is 5. The minimum Gasteiger partial charge on any atom is -0.490 e. The highest BCUT2D eigenvalue weighted by Crippen LogP contribution is 2.47. The van der Waals surface area contributed by atoms with Crippen LogP contribution in [0, 0.1) is 17.8 Å². The van der Waals surface area contributed by atoms with Crippen molar-refractivity contribution in [2.24, 2.45) is 22.1 Å². The summed E-state index contributed by atoms with van der Waals surface area (Å²) in [6.45, 7) is 18.6. The van der Waals surface area contributed by atoms with Gasteiger partial charge in [-0.1, -0.05) is 36.7 Å². The van der Waals surface area contributed by atoms with Gasteiger partial charge in [-0.05, 0) is 157 Å². The summed E-state index contributed by atoms with van der Waals surface area (Å²) in [5.41, 5.74) is 6.35. The maximum atomic E-state index is 15.0. The van der Waals surface area contributed by atoms with Gasteiger partial charge >= 0.3 is 11.9 Å². The van der Waals surface area contributed by atoms with E-state index in [4.69, 9.17) is 30.5 Å². The van der Waals surface area contributed by atoms with E-state index in [2.05, 4.69) is 40.2 Å². The Bertz CT molecular complexity index is 3520. The fourth-order valence-electron chi connectivity index (χ4n) is 12.7. The average Bonchev–Trinajstić information content (AvgIpc) is 2.43. The van der Waals surface area contributed by atoms with Gasteiger partial charge in [-0.25, -0.2) is 13.8 Å². The van der Waals surface area contributed by atoms with Crippen molar-refractivity contribution in [3.63, 3.8) is 0 Å². The zero-order valence-corrected chi connectivity index (χ0v) is 51.8. The molecule has 2 unspecified atom stereocenters. The molecule has 2 bridgehead atoms. The number of nitrogens with zero attached hydrogens (tertiary/aromatic N) is 5. The van der Waals surface area contributed by atoms with Crippen molar-refractivity contribution in [3.05, 3.63) is 141 Å². The number of anilines is 1. The standard InChI is InChI=1S/C42H51ClN4O6S.C11H15NO4.C11H15NO3/c1-26-7-5-9-37(48)34-13-10-30(34)20-47-24-42(16-6-8-28-17-32(43)12-14-35(28)42)25-52-38-15-11-29(19-36(38)47)39(49)44-54(51,27(26)2)45-40(50)31-18-33-22-53-41(3,4)23-46(33)21-31;1-11(7-13)6-12-4-8(10(14)15-2)3-9(12)5-16-11;1-11(2)7-12-5-8(10(13)14-3)4-9(12)6-15-11/h5,9,11-12,14-15,17-19,21,26-27,30,34,37,48H,6-8,10,13,16,20,22-25H2,1-4H3,(H,44,45,49,50,51);3-4,13H,5-7H2,1-2H3;4-5H,6-7H2,1-3H3/b9-5+;;/t26-,27+,30-,34+,37-,42-,54?;;/m0../s1. The molecule has 19 nitrogen and oxygen atoms in total. The van der Waals surface area contributed by atoms with Crippen molar-refractivity contribution < 1.29 is 62.0 Å². The number of benzene rings is 2. The van der Waals surface area contributed by atoms with Crippen molar-refractivity contribution in [3.8, 4) is 5.75 Å². The number of aliphatic hydroxyl groups excluding tert-OH is 2. The molecule has 2 aliphatic carbocycles. The number of aliphatic hydroxyl groups is 2. The number of carbonyl (C=O) groups is 4. The number of nitrogens with one attached hydrogen (secondary N) is 1. The molecule has 21 heteroatoms. The summed E-state index contributed by atoms with van der Waals surface area (Å²) >= 11 is 6.46. The average molecular weight is 1210 g/mol. The number of methoxy groups -OCH3 is 2. The lowest BCUT2D eigenvalue weighted by atomic mass is 9.68. The molecule has 0 radical (unpaired) electrons. The number of aryl methyl sites for hydroxylation is 1. The lowest BCUT2D eigenvalue weighted by molar-refractivity contribution is -0.104. The second-order valence-corrected chi connectivity index (χ2v) is 28.2. The number of aromatic nitrogens is 3. The summed E-state index contributed by atoms with van der Waals surface area (Å²) in [4.78, 5) is 53.1. The van der Waals surface area contributed by atoms with Crippen LogP contribution in [-0.4, -0.2) is 121 Å². The van der Waals surface area contributed by atoms with E-state index < -0.39 is 38.7 Å². The molecule has 12 rings (SSSR count). The van der Waals surface area contributed by atoms with Gasteiger partial charge in [-0.3, -0.25) is 14.3 Å². The SMILES string of the molecule is COC(=O)c1cc2n(c1)CC(C)(C)OC2.COC(=O)c1cc2n(c1)CC(C)(CO)OC2.C[C@@H]1[C@@H](C)C/C=C/[C@H](O)[C@@H]2CC[C@H]2CN2C[C@@]3(CCCc4cc(Cl)ccc43)COc3ccc(cc32)C(=O)N=S1(=O)NC(=O)c1cc2n(c1)CC(C)(C)OC2. The molecule has 85 heavy (non-hydrogen) atoms. The number of halogens is 1. The van der Waals surface area contributed by atoms with Crippen LogP contribution in [0.3, 0.4) is 0 Å². The predicted molar refractivity (Wildman–Crippen MR) is 321 cm³/mol. The molecule has 5 aromatic rings. The van der Waals surface area contributed by atoms with Gasteiger partial charge in [0.05, 0.1) is 112 Å². The quantitative estimate of drug-likeness (QED) is 0.110. The Morgan fingerprint density at radius 3 is 2.02 bits per heavy atom. The Kier molecular flexibility index (Phi) is 17.8. The summed E-state index contributed by atoms with van der Waals surface area (Å²) in [7, 11) is -0.912. The van der Waals surface area contributed by atoms with E-state index in [0.29, 0.717) is 81.5 Å². The first-order valence-corrected chi connectivity index (χ1v) is 31.3. The van der Waals surface area contributed by atoms with Crippen LogP contribution in [0.15, 0.2) is 89.7 Å². The van der Waals surface area contributed by atoms with Gasteiger partial charge in [0.15, 0.2) is 0 Å². The molecule has 458 valence electrons. The van der Waals surface area contributed by atoms with E-state index in [1.54, 1.807) is 43.6 Å². The zero-order chi connectivity index (χ0) is 60.8. The largest absolute Gasteiger partial charge is 0.490 e. The highest BCUT2D eigenvalue weighted by Gasteiger charge is 2.45. The molecule has 1 spiro atoms. The molecule has 8 heterocycles. The van der Waals surface area contributed by atoms with Crippen LogP contribution in [0.2, 0.25) is 5.02 Å². The lowest BCUT2D eigenvalue weighted by Crippen LogP contribution is -2.49. The smallest absolute Gasteiger partial charge is 0.339 e. The Morgan fingerprint density at radius 2 is 1.41 bits per heavy atom. The first kappa shape index (κ1) is 61.8. The lowest BCUT2D eigenvalue weighted by Gasteiger charge is -2.45. The van der Waals surface area contributed by atoms with E-state index in [9.17, 15) is 33.6 Å². The summed E-state index contributed by atoms with van der Waals surface area (Å²) in [6.07, 6.45) is 13.8. The molecule has 2 amide bonds. The van der Waals surface area contributed by atoms with E-state index in [1.165, 1.54) is 25.3 Å². The molecule has 7 aliphatic rings. The molecule has 3 N–H and O–H groups in total. The van der Waals surface area contributed by atoms with Gasteiger partial charge in [0.1, 0.15) is 21.3 Å². The minimum absolute atomic E-state index is 0.0435. The fourth-order valence-corrected chi connectivity index (χ4v) is 14.8. The highest BCUT2D eigenvalue weighted by atomic mass is 35.5. The van der Waals surface area contributed by atoms with Gasteiger partial charge in [-0.2, -0.15) is 0 Å². The van der Waals surface area contributed by atoms with Gasteiger partial charge in [0.25, 0.3) is 11.8 Å². The Hall–Kier alpha value is -6.26. The topological polar surface area (TPSA) is 224 Å². The van der Waals surface area contributed by atoms with Crippen LogP contribution in [0.5, 0.6) is 5.75 Å². The Balaban J connectivity index is 0.000000209. The second-order valence-electron chi connectivity index (χ2n) is 25.5. The maximum Gasteiger partial charge on any atom is 0.339 e. The van der Waals surface area contributed by atoms with Crippen LogP contribution in [0.4, 0.5) is 5.69 Å². The van der Waals surface area contributed by atoms with Crippen LogP contribution in [0.1, 0.15) is 150 Å². The predicted octanol–water partition coefficient (Wildman–Crippen LogP) is 9.39. The van der Waals surface area contributed by atoms with Crippen molar-refractivity contribution in [1.82, 2.24) is 18.4 Å². The van der Waals surface area contributed by atoms with Crippen LogP contribution >= 0.6 is 11.6 Å². The highest BCUT2D eigenvalue weighted by molar-refractivity contribution is 7.93. The molecule has 2 aromatic carbocycles. The molecule has 0 saturated heterocycles. The minimum atomic E-state index is -3.65. The Labute approximate surface area is 503 Å². The number of carbonyl (C=O) groups excluding carboxylic acids is 4. The summed E-state index contributed by atoms with van der Waals surface area (Å²) in [5.74, 6) is -1.10. The molecule has 5 aliphatic heterocycles. The molecular weight excluding hydrogens is 1130 g/mol. The second kappa shape index (κ2) is 24.5. The van der Waals surface area contributed by atoms with Gasteiger partial charge in [0, 0.05) is 64.8 Å². The van der Waals surface area contributed by atoms with Crippen molar-refractivity contribution >= 4 is 51.0 Å². The van der Waals surface area contributed by atoms with Gasteiger partial charge < -0.3 is 57.2 Å². The summed E-state index contributed by atoms with van der Waals surface area (Å²) in [6, 6.07) is 16.8. The summed E-state index contributed by atoms with van der Waals surface area (Å²) < 4.78 is 61.2. The Morgan fingerprint density at radius 1 is 0.800 bits per heavy atom. The van der Waals surface area contributed by atoms with Gasteiger partial charge in [0.2, 0.25) is 0 Å². The maximum absolute atomic E-state index is 15.0. The fraction of sp³-hybridized carbons (Fsp3) is 0.531. The number of allylic oxidation sites excluding steroid dienone is 1. The van der Waals surface area contributed by atoms with Crippen LogP contribution in [-0.2, 0) is 84.9 Å². The molecular formula is C64H81ClN6O13S. The van der Waals surface area contributed by atoms with Crippen molar-refractivity contribution in [1.29, 1.82) is 0 Å². The van der Waals surface area contributed by atoms with Crippen molar-refractivity contribution in [2.45, 2.75) is 160 Å².